The first-order valence-corrected chi connectivity index (χ1v) is 9.10. The topological polar surface area (TPSA) is 86.3 Å². The molecule has 0 saturated carbocycles. The number of nitrogens with zero attached hydrogens (tertiary/aromatic N) is 3. The van der Waals surface area contributed by atoms with E-state index in [9.17, 15) is 10.1 Å². The summed E-state index contributed by atoms with van der Waals surface area (Å²) in [5.41, 5.74) is 0.277. The van der Waals surface area contributed by atoms with Crippen molar-refractivity contribution in [3.8, 4) is 6.07 Å². The van der Waals surface area contributed by atoms with Crippen molar-refractivity contribution < 1.29 is 65.7 Å². The third kappa shape index (κ3) is 8.57. The van der Waals surface area contributed by atoms with Gasteiger partial charge in [0.1, 0.15) is 5.60 Å². The molecule has 0 spiro atoms. The standard InChI is InChI=1S/C18H22Cl2N2O3.CN.K/c1-18(2,3)25-17(23)22-8-9-24-16(13(11-22)6-7-21)12-4-5-14(19)15(20)10-12;1-2;/h4-5,10,13,16H,6,8-9,11H2,1-3H3;;/q;-1;+1/t13-,16+;;/m1../s1. The van der Waals surface area contributed by atoms with E-state index in [0.717, 1.165) is 5.56 Å². The Labute approximate surface area is 219 Å². The first-order chi connectivity index (χ1) is 12.7. The van der Waals surface area contributed by atoms with Gasteiger partial charge in [-0.25, -0.2) is 4.79 Å². The molecule has 0 aromatic heterocycles. The Hall–Kier alpha value is -0.354. The van der Waals surface area contributed by atoms with Crippen LogP contribution in [0.15, 0.2) is 18.2 Å². The first-order valence-electron chi connectivity index (χ1n) is 8.35. The molecule has 1 aliphatic rings. The van der Waals surface area contributed by atoms with E-state index in [1.165, 1.54) is 0 Å². The van der Waals surface area contributed by atoms with Crippen molar-refractivity contribution in [2.75, 3.05) is 19.7 Å². The van der Waals surface area contributed by atoms with Gasteiger partial charge in [-0.15, -0.1) is 0 Å². The largest absolute Gasteiger partial charge is 1.00 e. The third-order valence-electron chi connectivity index (χ3n) is 3.82. The Kier molecular flexibility index (Phi) is 12.9. The Morgan fingerprint density at radius 3 is 2.54 bits per heavy atom. The molecule has 2 atom stereocenters. The minimum absolute atomic E-state index is 0. The molecule has 28 heavy (non-hydrogen) atoms. The van der Waals surface area contributed by atoms with E-state index < -0.39 is 11.7 Å². The molecule has 2 rings (SSSR count). The maximum Gasteiger partial charge on any atom is 1.00 e. The number of nitriles is 1. The fourth-order valence-corrected chi connectivity index (χ4v) is 3.04. The zero-order chi connectivity index (χ0) is 20.6. The molecule has 0 N–H and O–H groups in total. The molecular weight excluding hydrogens is 428 g/mol. The van der Waals surface area contributed by atoms with Gasteiger partial charge in [0.25, 0.3) is 0 Å². The normalized spacial score (nSPS) is 19.1. The number of benzene rings is 1. The summed E-state index contributed by atoms with van der Waals surface area (Å²) in [6.45, 7) is 11.4. The van der Waals surface area contributed by atoms with Gasteiger partial charge in [-0.05, 0) is 38.5 Å². The molecule has 1 saturated heterocycles. The summed E-state index contributed by atoms with van der Waals surface area (Å²) in [5.74, 6) is -0.183. The van der Waals surface area contributed by atoms with Crippen LogP contribution in [0.2, 0.25) is 10.0 Å². The van der Waals surface area contributed by atoms with E-state index in [-0.39, 0.29) is 69.8 Å². The van der Waals surface area contributed by atoms with Crippen LogP contribution in [0.25, 0.3) is 0 Å². The summed E-state index contributed by atoms with van der Waals surface area (Å²) >= 11 is 12.1. The summed E-state index contributed by atoms with van der Waals surface area (Å²) in [5, 5.41) is 16.3. The van der Waals surface area contributed by atoms with Crippen molar-refractivity contribution in [1.82, 2.24) is 4.90 Å². The second-order valence-electron chi connectivity index (χ2n) is 7.01. The minimum Gasteiger partial charge on any atom is -0.512 e. The summed E-state index contributed by atoms with van der Waals surface area (Å²) in [4.78, 5) is 14.0. The molecule has 0 radical (unpaired) electrons. The summed E-state index contributed by atoms with van der Waals surface area (Å²) in [7, 11) is 0. The maximum atomic E-state index is 12.4. The number of hydrogen-bond acceptors (Lipinski definition) is 5. The van der Waals surface area contributed by atoms with Crippen molar-refractivity contribution in [2.45, 2.75) is 38.9 Å². The number of rotatable bonds is 2. The van der Waals surface area contributed by atoms with Gasteiger partial charge in [0.05, 0.1) is 28.8 Å². The maximum absolute atomic E-state index is 12.4. The predicted octanol–water partition coefficient (Wildman–Crippen LogP) is 1.93. The number of carbonyl (C=O) groups excluding carboxylic acids is 1. The minimum atomic E-state index is -0.571. The van der Waals surface area contributed by atoms with Crippen molar-refractivity contribution in [1.29, 1.82) is 10.5 Å². The van der Waals surface area contributed by atoms with Crippen LogP contribution < -0.4 is 51.4 Å². The van der Waals surface area contributed by atoms with Crippen LogP contribution in [0.3, 0.4) is 0 Å². The molecule has 0 bridgehead atoms. The van der Waals surface area contributed by atoms with Gasteiger partial charge >= 0.3 is 57.5 Å². The molecular formula is C19H22Cl2KN3O3. The fraction of sp³-hybridized carbons (Fsp3) is 0.526. The van der Waals surface area contributed by atoms with Gasteiger partial charge < -0.3 is 26.2 Å². The SMILES string of the molecule is CC(C)(C)OC(=O)N1CCO[C@@H](c2ccc(Cl)c(Cl)c2)[C@H](CC#N)C1.[C-]#N.[K+]. The van der Waals surface area contributed by atoms with Crippen LogP contribution in [0.4, 0.5) is 4.79 Å². The zero-order valence-electron chi connectivity index (χ0n) is 16.5. The molecule has 146 valence electrons. The number of halogens is 2. The zero-order valence-corrected chi connectivity index (χ0v) is 21.2. The molecule has 1 fully saturated rings. The van der Waals surface area contributed by atoms with Gasteiger partial charge in [0, 0.05) is 25.4 Å². The number of hydrogen-bond donors (Lipinski definition) is 0. The van der Waals surface area contributed by atoms with Crippen molar-refractivity contribution in [3.63, 3.8) is 0 Å². The fourth-order valence-electron chi connectivity index (χ4n) is 2.73. The molecule has 0 aliphatic carbocycles. The van der Waals surface area contributed by atoms with Gasteiger partial charge in [-0.1, -0.05) is 29.3 Å². The van der Waals surface area contributed by atoms with E-state index in [2.05, 4.69) is 6.07 Å². The van der Waals surface area contributed by atoms with Crippen molar-refractivity contribution >= 4 is 29.3 Å². The van der Waals surface area contributed by atoms with E-state index in [1.54, 1.807) is 17.0 Å². The predicted molar refractivity (Wildman–Crippen MR) is 102 cm³/mol. The molecule has 0 unspecified atom stereocenters. The summed E-state index contributed by atoms with van der Waals surface area (Å²) in [6, 6.07) is 7.48. The van der Waals surface area contributed by atoms with Gasteiger partial charge in [-0.2, -0.15) is 5.26 Å². The quantitative estimate of drug-likeness (QED) is 0.508. The van der Waals surface area contributed by atoms with Crippen LogP contribution in [0, 0.1) is 29.1 Å². The number of ether oxygens (including phenoxy) is 2. The van der Waals surface area contributed by atoms with Crippen molar-refractivity contribution in [2.24, 2.45) is 5.92 Å². The third-order valence-corrected chi connectivity index (χ3v) is 4.56. The first kappa shape index (κ1) is 27.6. The van der Waals surface area contributed by atoms with Crippen LogP contribution in [0.1, 0.15) is 38.9 Å². The summed E-state index contributed by atoms with van der Waals surface area (Å²) < 4.78 is 11.4. The number of carbonyl (C=O) groups is 1. The van der Waals surface area contributed by atoms with E-state index >= 15 is 0 Å². The molecule has 1 aliphatic heterocycles. The monoisotopic (exact) mass is 449 g/mol. The van der Waals surface area contributed by atoms with E-state index in [4.69, 9.17) is 44.5 Å². The van der Waals surface area contributed by atoms with Crippen molar-refractivity contribution in [3.05, 3.63) is 40.4 Å². The molecule has 1 heterocycles. The van der Waals surface area contributed by atoms with Crippen LogP contribution in [-0.4, -0.2) is 36.3 Å². The Balaban J connectivity index is 0.00000235. The smallest absolute Gasteiger partial charge is 0.512 e. The molecule has 9 heteroatoms. The van der Waals surface area contributed by atoms with E-state index in [1.807, 2.05) is 26.8 Å². The number of amides is 1. The van der Waals surface area contributed by atoms with E-state index in [0.29, 0.717) is 29.7 Å². The summed E-state index contributed by atoms with van der Waals surface area (Å²) in [6.07, 6.45) is -0.472. The Morgan fingerprint density at radius 2 is 2.00 bits per heavy atom. The molecule has 1 amide bonds. The van der Waals surface area contributed by atoms with Gasteiger partial charge in [0.15, 0.2) is 0 Å². The van der Waals surface area contributed by atoms with Gasteiger partial charge in [0.2, 0.25) is 0 Å². The Morgan fingerprint density at radius 1 is 1.36 bits per heavy atom. The second kappa shape index (κ2) is 13.1. The average molecular weight is 450 g/mol. The van der Waals surface area contributed by atoms with Crippen LogP contribution in [0.5, 0.6) is 0 Å². The second-order valence-corrected chi connectivity index (χ2v) is 7.83. The van der Waals surface area contributed by atoms with Crippen LogP contribution in [-0.2, 0) is 9.47 Å². The molecule has 1 aromatic carbocycles. The van der Waals surface area contributed by atoms with Crippen LogP contribution >= 0.6 is 23.2 Å². The average Bonchev–Trinajstić information content (AvgIpc) is 2.81. The van der Waals surface area contributed by atoms with Gasteiger partial charge in [-0.3, -0.25) is 0 Å². The molecule has 6 nitrogen and oxygen atoms in total. The Bertz CT molecular complexity index is 717. The molecule has 1 aromatic rings.